The van der Waals surface area contributed by atoms with Crippen LogP contribution in [0.25, 0.3) is 0 Å². The number of benzene rings is 2. The zero-order valence-corrected chi connectivity index (χ0v) is 27.3. The topological polar surface area (TPSA) is 70.0 Å². The van der Waals surface area contributed by atoms with Crippen LogP contribution >= 0.6 is 11.8 Å². The van der Waals surface area contributed by atoms with Crippen LogP contribution in [0.5, 0.6) is 0 Å². The Kier molecular flexibility index (Phi) is 16.2. The molecule has 0 aliphatic carbocycles. The van der Waals surface area contributed by atoms with Gasteiger partial charge in [0, 0.05) is 6.08 Å². The van der Waals surface area contributed by atoms with Crippen molar-refractivity contribution in [3.05, 3.63) is 70.6 Å². The average Bonchev–Trinajstić information content (AvgIpc) is 3.30. The lowest BCUT2D eigenvalue weighted by Gasteiger charge is -2.16. The van der Waals surface area contributed by atoms with Gasteiger partial charge in [0.25, 0.3) is 5.91 Å². The molecular weight excluding hydrogens is 552 g/mol. The van der Waals surface area contributed by atoms with Gasteiger partial charge in [-0.15, -0.1) is 0 Å². The third kappa shape index (κ3) is 12.7. The van der Waals surface area contributed by atoms with E-state index in [0.717, 1.165) is 36.4 Å². The van der Waals surface area contributed by atoms with Crippen LogP contribution in [0.2, 0.25) is 0 Å². The summed E-state index contributed by atoms with van der Waals surface area (Å²) in [5.74, 6) is -1.49. The predicted molar refractivity (Wildman–Crippen MR) is 183 cm³/mol. The highest BCUT2D eigenvalue weighted by molar-refractivity contribution is 8.19. The number of carbonyl (C=O) groups is 2. The Bertz CT molecular complexity index is 1170. The summed E-state index contributed by atoms with van der Waals surface area (Å²) in [7, 11) is 0. The highest BCUT2D eigenvalue weighted by Crippen LogP contribution is 2.36. The molecule has 1 N–H and O–H groups in total. The van der Waals surface area contributed by atoms with Crippen LogP contribution in [0.15, 0.2) is 64.5 Å². The molecule has 1 amide bonds. The summed E-state index contributed by atoms with van der Waals surface area (Å²) in [6, 6.07) is 16.2. The minimum absolute atomic E-state index is 0.167. The van der Waals surface area contributed by atoms with E-state index in [9.17, 15) is 14.7 Å². The number of carboxylic acids is 1. The Morgan fingerprint density at radius 3 is 1.60 bits per heavy atom. The van der Waals surface area contributed by atoms with E-state index in [0.29, 0.717) is 10.9 Å². The molecule has 1 fully saturated rings. The Morgan fingerprint density at radius 2 is 1.14 bits per heavy atom. The normalized spacial score (nSPS) is 15.2. The fourth-order valence-electron chi connectivity index (χ4n) is 5.47. The van der Waals surface area contributed by atoms with Crippen molar-refractivity contribution >= 4 is 40.2 Å². The first-order chi connectivity index (χ1) is 21.0. The number of amides is 1. The predicted octanol–water partition coefficient (Wildman–Crippen LogP) is 10.8. The molecule has 0 unspecified atom stereocenters. The fraction of sp³-hybridized carbons (Fsp3) is 0.541. The molecular formula is C37H52N2O3S. The van der Waals surface area contributed by atoms with Crippen molar-refractivity contribution in [3.8, 4) is 0 Å². The molecule has 2 aromatic rings. The second-order valence-corrected chi connectivity index (χ2v) is 12.8. The highest BCUT2D eigenvalue weighted by atomic mass is 32.2. The van der Waals surface area contributed by atoms with E-state index in [1.165, 1.54) is 119 Å². The lowest BCUT2D eigenvalue weighted by Crippen LogP contribution is -2.28. The van der Waals surface area contributed by atoms with Crippen LogP contribution in [0.1, 0.15) is 128 Å². The van der Waals surface area contributed by atoms with Gasteiger partial charge in [-0.2, -0.15) is 0 Å². The number of rotatable bonds is 21. The molecule has 0 atom stereocenters. The lowest BCUT2D eigenvalue weighted by molar-refractivity contribution is -0.131. The summed E-state index contributed by atoms with van der Waals surface area (Å²) in [5, 5.41) is 9.79. The molecule has 6 heteroatoms. The number of aliphatic carboxylic acids is 1. The Morgan fingerprint density at radius 1 is 0.698 bits per heavy atom. The molecule has 0 saturated carbocycles. The number of hydrogen-bond donors (Lipinski definition) is 1. The van der Waals surface area contributed by atoms with E-state index in [4.69, 9.17) is 4.99 Å². The van der Waals surface area contributed by atoms with Gasteiger partial charge in [-0.25, -0.2) is 9.79 Å². The zero-order valence-electron chi connectivity index (χ0n) is 26.5. The summed E-state index contributed by atoms with van der Waals surface area (Å²) in [6.45, 7) is 4.50. The molecule has 1 aliphatic rings. The number of carbonyl (C=O) groups excluding carboxylic acids is 1. The Balaban J connectivity index is 1.57. The summed E-state index contributed by atoms with van der Waals surface area (Å²) < 4.78 is 0. The van der Waals surface area contributed by atoms with Crippen molar-refractivity contribution in [1.82, 2.24) is 0 Å². The zero-order chi connectivity index (χ0) is 30.7. The number of aliphatic imine (C=N–C) groups is 1. The number of hydrogen-bond acceptors (Lipinski definition) is 4. The smallest absolute Gasteiger partial charge is 0.329 e. The lowest BCUT2D eigenvalue weighted by atomic mass is 10.0. The molecule has 2 aromatic carbocycles. The number of aryl methyl sites for hydroxylation is 2. The molecule has 1 saturated heterocycles. The van der Waals surface area contributed by atoms with Crippen molar-refractivity contribution < 1.29 is 14.7 Å². The van der Waals surface area contributed by atoms with E-state index in [2.05, 4.69) is 38.1 Å². The maximum absolute atomic E-state index is 13.3. The molecule has 0 bridgehead atoms. The van der Waals surface area contributed by atoms with Crippen LogP contribution in [-0.2, 0) is 22.4 Å². The maximum Gasteiger partial charge on any atom is 0.329 e. The number of unbranched alkanes of at least 4 members (excludes halogenated alkanes) is 14. The summed E-state index contributed by atoms with van der Waals surface area (Å²) >= 11 is 1.11. The fourth-order valence-corrected chi connectivity index (χ4v) is 6.44. The van der Waals surface area contributed by atoms with Gasteiger partial charge in [-0.05, 0) is 72.8 Å². The molecule has 1 heterocycles. The second kappa shape index (κ2) is 20.2. The number of anilines is 1. The quantitative estimate of drug-likeness (QED) is 0.114. The number of thioether (sulfide) groups is 1. The van der Waals surface area contributed by atoms with Gasteiger partial charge in [-0.1, -0.05) is 128 Å². The van der Waals surface area contributed by atoms with E-state index >= 15 is 0 Å². The molecule has 1 aliphatic heterocycles. The largest absolute Gasteiger partial charge is 0.478 e. The van der Waals surface area contributed by atoms with Gasteiger partial charge in [0.15, 0.2) is 5.17 Å². The molecule has 43 heavy (non-hydrogen) atoms. The van der Waals surface area contributed by atoms with E-state index in [1.54, 1.807) is 0 Å². The SMILES string of the molecule is CCCCCCCCCCc1ccc(/N=C2/S/C(=C\C(=O)O)C(=O)N2c2ccc(CCCCCCCCCC)cc2)cc1. The third-order valence-electron chi connectivity index (χ3n) is 8.05. The minimum Gasteiger partial charge on any atom is -0.478 e. The van der Waals surface area contributed by atoms with Crippen molar-refractivity contribution in [2.45, 2.75) is 129 Å². The van der Waals surface area contributed by atoms with Crippen molar-refractivity contribution in [1.29, 1.82) is 0 Å². The molecule has 234 valence electrons. The van der Waals surface area contributed by atoms with Gasteiger partial charge in [-0.3, -0.25) is 9.69 Å². The maximum atomic E-state index is 13.3. The van der Waals surface area contributed by atoms with Crippen LogP contribution in [-0.4, -0.2) is 22.2 Å². The van der Waals surface area contributed by atoms with Crippen LogP contribution in [0.3, 0.4) is 0 Å². The number of carboxylic acid groups (broad SMARTS) is 1. The van der Waals surface area contributed by atoms with Gasteiger partial charge < -0.3 is 5.11 Å². The van der Waals surface area contributed by atoms with Crippen LogP contribution < -0.4 is 4.90 Å². The standard InChI is InChI=1S/C37H52N2O3S/c1-3-5-7-9-11-13-15-17-19-30-21-25-32(26-22-30)38-37-39(36(42)34(43-37)29-35(40)41)33-27-23-31(24-28-33)20-18-16-14-12-10-8-6-4-2/h21-29H,3-20H2,1-2H3,(H,40,41)/b34-29-,38-37+. The Hall–Kier alpha value is -2.86. The van der Waals surface area contributed by atoms with Gasteiger partial charge >= 0.3 is 5.97 Å². The molecule has 5 nitrogen and oxygen atoms in total. The van der Waals surface area contributed by atoms with E-state index in [-0.39, 0.29) is 10.8 Å². The summed E-state index contributed by atoms with van der Waals surface area (Å²) in [5.41, 5.74) is 4.00. The van der Waals surface area contributed by atoms with Crippen molar-refractivity contribution in [2.24, 2.45) is 4.99 Å². The van der Waals surface area contributed by atoms with E-state index < -0.39 is 5.97 Å². The van der Waals surface area contributed by atoms with Crippen molar-refractivity contribution in [2.75, 3.05) is 4.90 Å². The van der Waals surface area contributed by atoms with Crippen molar-refractivity contribution in [3.63, 3.8) is 0 Å². The summed E-state index contributed by atoms with van der Waals surface area (Å²) in [4.78, 5) is 31.1. The first kappa shape index (κ1) is 34.6. The average molecular weight is 605 g/mol. The number of amidine groups is 1. The van der Waals surface area contributed by atoms with Gasteiger partial charge in [0.2, 0.25) is 0 Å². The third-order valence-corrected chi connectivity index (χ3v) is 9.02. The monoisotopic (exact) mass is 604 g/mol. The summed E-state index contributed by atoms with van der Waals surface area (Å²) in [6.07, 6.45) is 23.9. The van der Waals surface area contributed by atoms with Crippen LogP contribution in [0, 0.1) is 0 Å². The van der Waals surface area contributed by atoms with Gasteiger partial charge in [0.1, 0.15) is 0 Å². The molecule has 0 spiro atoms. The second-order valence-electron chi connectivity index (χ2n) is 11.8. The number of nitrogens with zero attached hydrogens (tertiary/aromatic N) is 2. The van der Waals surface area contributed by atoms with E-state index in [1.807, 2.05) is 24.3 Å². The highest BCUT2D eigenvalue weighted by Gasteiger charge is 2.35. The minimum atomic E-state index is -1.14. The van der Waals surface area contributed by atoms with Crippen LogP contribution in [0.4, 0.5) is 11.4 Å². The molecule has 0 aromatic heterocycles. The molecule has 3 rings (SSSR count). The Labute approximate surface area is 264 Å². The first-order valence-electron chi connectivity index (χ1n) is 16.7. The first-order valence-corrected chi connectivity index (χ1v) is 17.6. The molecule has 0 radical (unpaired) electrons. The van der Waals surface area contributed by atoms with Gasteiger partial charge in [0.05, 0.1) is 16.3 Å².